The lowest BCUT2D eigenvalue weighted by molar-refractivity contribution is -0.113. The first kappa shape index (κ1) is 22.8. The summed E-state index contributed by atoms with van der Waals surface area (Å²) in [6, 6.07) is 16.0. The first-order chi connectivity index (χ1) is 15.0. The largest absolute Gasteiger partial charge is 0.342 e. The fraction of sp³-hybridized carbons (Fsp3) is 0.182. The highest BCUT2D eigenvalue weighted by Gasteiger charge is 2.20. The number of nitrogens with one attached hydrogen (secondary N) is 2. The first-order valence-corrected chi connectivity index (χ1v) is 11.3. The van der Waals surface area contributed by atoms with Crippen molar-refractivity contribution >= 4 is 45.2 Å². The van der Waals surface area contributed by atoms with Gasteiger partial charge in [0.2, 0.25) is 5.91 Å². The van der Waals surface area contributed by atoms with Gasteiger partial charge in [0.05, 0.1) is 11.8 Å². The molecule has 1 heterocycles. The second kappa shape index (κ2) is 10.9. The molecule has 2 aromatic carbocycles. The van der Waals surface area contributed by atoms with Crippen molar-refractivity contribution in [3.63, 3.8) is 0 Å². The van der Waals surface area contributed by atoms with Gasteiger partial charge in [0, 0.05) is 22.3 Å². The molecule has 0 unspecified atom stereocenters. The Morgan fingerprint density at radius 3 is 2.68 bits per heavy atom. The molecule has 2 N–H and O–H groups in total. The van der Waals surface area contributed by atoms with Crippen molar-refractivity contribution < 1.29 is 9.59 Å². The average molecular weight is 500 g/mol. The van der Waals surface area contributed by atoms with E-state index in [1.54, 1.807) is 18.2 Å². The third-order valence-electron chi connectivity index (χ3n) is 4.27. The van der Waals surface area contributed by atoms with Crippen LogP contribution in [0.4, 0.5) is 5.69 Å². The zero-order valence-electron chi connectivity index (χ0n) is 16.9. The number of halogens is 1. The molecule has 0 bridgehead atoms. The molecule has 1 aromatic heterocycles. The number of allylic oxidation sites excluding steroid dienone is 1. The van der Waals surface area contributed by atoms with E-state index in [0.29, 0.717) is 28.8 Å². The van der Waals surface area contributed by atoms with Gasteiger partial charge in [-0.05, 0) is 37.3 Å². The summed E-state index contributed by atoms with van der Waals surface area (Å²) in [7, 11) is 0. The number of amides is 2. The van der Waals surface area contributed by atoms with Gasteiger partial charge < -0.3 is 15.2 Å². The minimum absolute atomic E-state index is 0.150. The van der Waals surface area contributed by atoms with Crippen LogP contribution in [-0.4, -0.2) is 32.3 Å². The normalized spacial score (nSPS) is 11.5. The van der Waals surface area contributed by atoms with Crippen LogP contribution in [-0.2, 0) is 11.3 Å². The standard InChI is InChI=1S/C22H22BrN5O2S/c1-3-12-28-20(15(2)24-21(30)16-8-5-4-6-9-16)26-27-22(28)31-14-19(29)25-18-11-7-10-17(23)13-18/h3-11,13,15H,1,12,14H2,2H3,(H,24,30)(H,25,29)/t15-/m1/s1. The molecule has 0 aliphatic carbocycles. The van der Waals surface area contributed by atoms with Crippen LogP contribution in [0.15, 0.2) is 76.9 Å². The molecular weight excluding hydrogens is 478 g/mol. The summed E-state index contributed by atoms with van der Waals surface area (Å²) in [5.41, 5.74) is 1.29. The molecule has 3 aromatic rings. The number of benzene rings is 2. The highest BCUT2D eigenvalue weighted by Crippen LogP contribution is 2.22. The van der Waals surface area contributed by atoms with Gasteiger partial charge in [0.25, 0.3) is 5.91 Å². The minimum atomic E-state index is -0.370. The van der Waals surface area contributed by atoms with Crippen LogP contribution < -0.4 is 10.6 Å². The Hall–Kier alpha value is -2.91. The number of carbonyl (C=O) groups is 2. The first-order valence-electron chi connectivity index (χ1n) is 9.56. The van der Waals surface area contributed by atoms with Crippen LogP contribution in [0.2, 0.25) is 0 Å². The van der Waals surface area contributed by atoms with E-state index in [9.17, 15) is 9.59 Å². The van der Waals surface area contributed by atoms with Crippen LogP contribution in [0.25, 0.3) is 0 Å². The number of anilines is 1. The molecular formula is C22H22BrN5O2S. The summed E-state index contributed by atoms with van der Waals surface area (Å²) in [6.07, 6.45) is 1.73. The number of hydrogen-bond donors (Lipinski definition) is 2. The van der Waals surface area contributed by atoms with E-state index in [0.717, 1.165) is 4.47 Å². The van der Waals surface area contributed by atoms with Crippen LogP contribution in [0.1, 0.15) is 29.1 Å². The van der Waals surface area contributed by atoms with Crippen molar-refractivity contribution in [2.75, 3.05) is 11.1 Å². The molecule has 7 nitrogen and oxygen atoms in total. The quantitative estimate of drug-likeness (QED) is 0.335. The van der Waals surface area contributed by atoms with E-state index < -0.39 is 0 Å². The van der Waals surface area contributed by atoms with Crippen molar-refractivity contribution in [1.29, 1.82) is 0 Å². The number of rotatable bonds is 9. The lowest BCUT2D eigenvalue weighted by Crippen LogP contribution is -2.28. The van der Waals surface area contributed by atoms with Gasteiger partial charge in [-0.3, -0.25) is 9.59 Å². The second-order valence-corrected chi connectivity index (χ2v) is 8.51. The fourth-order valence-electron chi connectivity index (χ4n) is 2.86. The zero-order valence-corrected chi connectivity index (χ0v) is 19.3. The van der Waals surface area contributed by atoms with Gasteiger partial charge in [-0.25, -0.2) is 0 Å². The Labute approximate surface area is 193 Å². The molecule has 31 heavy (non-hydrogen) atoms. The Kier molecular flexibility index (Phi) is 8.02. The Balaban J connectivity index is 1.66. The summed E-state index contributed by atoms with van der Waals surface area (Å²) in [5.74, 6) is 0.429. The molecule has 0 aliphatic rings. The summed E-state index contributed by atoms with van der Waals surface area (Å²) in [5, 5.41) is 14.8. The summed E-state index contributed by atoms with van der Waals surface area (Å²) < 4.78 is 2.74. The molecule has 3 rings (SSSR count). The maximum absolute atomic E-state index is 12.5. The third-order valence-corrected chi connectivity index (χ3v) is 5.73. The van der Waals surface area contributed by atoms with E-state index in [1.165, 1.54) is 11.8 Å². The van der Waals surface area contributed by atoms with Crippen molar-refractivity contribution in [2.45, 2.75) is 24.7 Å². The van der Waals surface area contributed by atoms with Crippen molar-refractivity contribution in [2.24, 2.45) is 0 Å². The predicted molar refractivity (Wildman–Crippen MR) is 126 cm³/mol. The molecule has 9 heteroatoms. The highest BCUT2D eigenvalue weighted by atomic mass is 79.9. The van der Waals surface area contributed by atoms with Gasteiger partial charge in [-0.2, -0.15) is 0 Å². The lowest BCUT2D eigenvalue weighted by Gasteiger charge is -2.15. The number of carbonyl (C=O) groups excluding carboxylic acids is 2. The Bertz CT molecular complexity index is 1070. The lowest BCUT2D eigenvalue weighted by atomic mass is 10.2. The molecule has 0 saturated heterocycles. The van der Waals surface area contributed by atoms with E-state index in [-0.39, 0.29) is 23.6 Å². The second-order valence-electron chi connectivity index (χ2n) is 6.65. The number of thioether (sulfide) groups is 1. The number of nitrogens with zero attached hydrogens (tertiary/aromatic N) is 3. The third kappa shape index (κ3) is 6.28. The average Bonchev–Trinajstić information content (AvgIpc) is 3.16. The van der Waals surface area contributed by atoms with E-state index >= 15 is 0 Å². The molecule has 1 atom stereocenters. The van der Waals surface area contributed by atoms with Crippen molar-refractivity contribution in [3.05, 3.63) is 83.1 Å². The summed E-state index contributed by atoms with van der Waals surface area (Å²) >= 11 is 4.66. The van der Waals surface area contributed by atoms with Gasteiger partial charge >= 0.3 is 0 Å². The van der Waals surface area contributed by atoms with E-state index in [4.69, 9.17) is 0 Å². The van der Waals surface area contributed by atoms with E-state index in [1.807, 2.05) is 54.0 Å². The van der Waals surface area contributed by atoms with Crippen LogP contribution in [0, 0.1) is 0 Å². The van der Waals surface area contributed by atoms with E-state index in [2.05, 4.69) is 43.3 Å². The highest BCUT2D eigenvalue weighted by molar-refractivity contribution is 9.10. The number of aromatic nitrogens is 3. The fourth-order valence-corrected chi connectivity index (χ4v) is 4.01. The Morgan fingerprint density at radius 1 is 1.19 bits per heavy atom. The molecule has 160 valence electrons. The van der Waals surface area contributed by atoms with Gasteiger partial charge in [0.15, 0.2) is 11.0 Å². The summed E-state index contributed by atoms with van der Waals surface area (Å²) in [4.78, 5) is 24.8. The van der Waals surface area contributed by atoms with Crippen LogP contribution in [0.5, 0.6) is 0 Å². The van der Waals surface area contributed by atoms with Crippen LogP contribution in [0.3, 0.4) is 0 Å². The monoisotopic (exact) mass is 499 g/mol. The number of hydrogen-bond acceptors (Lipinski definition) is 5. The smallest absolute Gasteiger partial charge is 0.251 e. The van der Waals surface area contributed by atoms with Gasteiger partial charge in [-0.15, -0.1) is 16.8 Å². The maximum atomic E-state index is 12.5. The molecule has 0 spiro atoms. The Morgan fingerprint density at radius 2 is 1.97 bits per heavy atom. The van der Waals surface area contributed by atoms with Crippen molar-refractivity contribution in [1.82, 2.24) is 20.1 Å². The van der Waals surface area contributed by atoms with Gasteiger partial charge in [0.1, 0.15) is 0 Å². The topological polar surface area (TPSA) is 88.9 Å². The SMILES string of the molecule is C=CCn1c(SCC(=O)Nc2cccc(Br)c2)nnc1[C@@H](C)NC(=O)c1ccccc1. The minimum Gasteiger partial charge on any atom is -0.342 e. The molecule has 0 radical (unpaired) electrons. The zero-order chi connectivity index (χ0) is 22.2. The van der Waals surface area contributed by atoms with Crippen molar-refractivity contribution in [3.8, 4) is 0 Å². The molecule has 2 amide bonds. The van der Waals surface area contributed by atoms with Crippen LogP contribution >= 0.6 is 27.7 Å². The molecule has 0 aliphatic heterocycles. The predicted octanol–water partition coefficient (Wildman–Crippen LogP) is 4.45. The molecule has 0 fully saturated rings. The van der Waals surface area contributed by atoms with Gasteiger partial charge in [-0.1, -0.05) is 58.0 Å². The summed E-state index contributed by atoms with van der Waals surface area (Å²) in [6.45, 7) is 6.10. The maximum Gasteiger partial charge on any atom is 0.251 e. The molecule has 0 saturated carbocycles.